The van der Waals surface area contributed by atoms with E-state index in [2.05, 4.69) is 31.2 Å². The summed E-state index contributed by atoms with van der Waals surface area (Å²) in [7, 11) is 1.86. The summed E-state index contributed by atoms with van der Waals surface area (Å²) >= 11 is 0. The minimum absolute atomic E-state index is 0.0646. The number of carbonyl (C=O) groups excluding carboxylic acids is 1. The van der Waals surface area contributed by atoms with Gasteiger partial charge in [0.2, 0.25) is 5.91 Å². The zero-order valence-corrected chi connectivity index (χ0v) is 15.4. The van der Waals surface area contributed by atoms with Crippen LogP contribution < -0.4 is 0 Å². The maximum Gasteiger partial charge on any atom is 0.317 e. The number of carboxylic acids is 1. The van der Waals surface area contributed by atoms with Crippen molar-refractivity contribution in [3.05, 3.63) is 35.4 Å². The Labute approximate surface area is 150 Å². The molecule has 5 nitrogen and oxygen atoms in total. The Morgan fingerprint density at radius 1 is 1.20 bits per heavy atom. The molecular weight excluding hydrogens is 316 g/mol. The number of nitrogens with zero attached hydrogens (tertiary/aromatic N) is 2. The van der Waals surface area contributed by atoms with Crippen LogP contribution in [0, 0.1) is 6.92 Å². The number of carboxylic acid groups (broad SMARTS) is 1. The molecule has 1 fully saturated rings. The number of hydrogen-bond acceptors (Lipinski definition) is 3. The number of likely N-dealkylation sites (N-methyl/N-ethyl adjacent to an activating group) is 1. The van der Waals surface area contributed by atoms with E-state index in [-0.39, 0.29) is 18.5 Å². The van der Waals surface area contributed by atoms with Crippen molar-refractivity contribution in [1.29, 1.82) is 0 Å². The first-order valence-electron chi connectivity index (χ1n) is 9.21. The van der Waals surface area contributed by atoms with Crippen LogP contribution >= 0.6 is 0 Å². The molecule has 1 amide bonds. The fourth-order valence-electron chi connectivity index (χ4n) is 3.47. The van der Waals surface area contributed by atoms with Crippen LogP contribution in [0.25, 0.3) is 0 Å². The molecule has 138 valence electrons. The van der Waals surface area contributed by atoms with Gasteiger partial charge in [0.25, 0.3) is 0 Å². The third-order valence-electron chi connectivity index (χ3n) is 5.04. The van der Waals surface area contributed by atoms with Crippen LogP contribution in [0.2, 0.25) is 0 Å². The summed E-state index contributed by atoms with van der Waals surface area (Å²) in [6, 6.07) is 8.74. The molecule has 5 heteroatoms. The lowest BCUT2D eigenvalue weighted by Crippen LogP contribution is -2.37. The summed E-state index contributed by atoms with van der Waals surface area (Å²) in [5.41, 5.74) is 2.54. The zero-order chi connectivity index (χ0) is 18.2. The summed E-state index contributed by atoms with van der Waals surface area (Å²) in [5, 5.41) is 8.93. The highest BCUT2D eigenvalue weighted by Gasteiger charge is 2.23. The fraction of sp³-hybridized carbons (Fsp3) is 0.600. The van der Waals surface area contributed by atoms with Gasteiger partial charge in [0.1, 0.15) is 0 Å². The molecule has 25 heavy (non-hydrogen) atoms. The van der Waals surface area contributed by atoms with Gasteiger partial charge in [-0.3, -0.25) is 14.5 Å². The van der Waals surface area contributed by atoms with Gasteiger partial charge in [-0.2, -0.15) is 0 Å². The summed E-state index contributed by atoms with van der Waals surface area (Å²) in [6.45, 7) is 3.67. The van der Waals surface area contributed by atoms with Gasteiger partial charge in [-0.1, -0.05) is 29.8 Å². The highest BCUT2D eigenvalue weighted by atomic mass is 16.4. The lowest BCUT2D eigenvalue weighted by Gasteiger charge is -2.25. The van der Waals surface area contributed by atoms with Gasteiger partial charge >= 0.3 is 5.97 Å². The van der Waals surface area contributed by atoms with Gasteiger partial charge < -0.3 is 10.0 Å². The molecule has 1 atom stereocenters. The average molecular weight is 346 g/mol. The molecule has 1 unspecified atom stereocenters. The fourth-order valence-corrected chi connectivity index (χ4v) is 3.47. The minimum Gasteiger partial charge on any atom is -0.480 e. The van der Waals surface area contributed by atoms with Crippen molar-refractivity contribution in [2.24, 2.45) is 0 Å². The van der Waals surface area contributed by atoms with Crippen molar-refractivity contribution >= 4 is 11.9 Å². The number of amides is 1. The van der Waals surface area contributed by atoms with E-state index >= 15 is 0 Å². The average Bonchev–Trinajstić information content (AvgIpc) is 2.82. The molecule has 1 aliphatic rings. The lowest BCUT2D eigenvalue weighted by atomic mass is 10.1. The van der Waals surface area contributed by atoms with Crippen molar-refractivity contribution in [3.63, 3.8) is 0 Å². The summed E-state index contributed by atoms with van der Waals surface area (Å²) in [5.74, 6) is -0.565. The van der Waals surface area contributed by atoms with Gasteiger partial charge in [-0.15, -0.1) is 0 Å². The topological polar surface area (TPSA) is 60.9 Å². The van der Waals surface area contributed by atoms with Gasteiger partial charge in [0.15, 0.2) is 0 Å². The third kappa shape index (κ3) is 6.50. The first-order chi connectivity index (χ1) is 12.0. The van der Waals surface area contributed by atoms with Gasteiger partial charge in [0, 0.05) is 25.6 Å². The second-order valence-corrected chi connectivity index (χ2v) is 7.11. The molecule has 2 rings (SSSR count). The van der Waals surface area contributed by atoms with E-state index in [1.807, 2.05) is 16.8 Å². The number of carbonyl (C=O) groups is 2. The van der Waals surface area contributed by atoms with Crippen molar-refractivity contribution in [3.8, 4) is 0 Å². The first kappa shape index (κ1) is 19.4. The van der Waals surface area contributed by atoms with Gasteiger partial charge in [-0.25, -0.2) is 0 Å². The van der Waals surface area contributed by atoms with Crippen LogP contribution in [0.1, 0.15) is 43.2 Å². The van der Waals surface area contributed by atoms with Crippen molar-refractivity contribution in [2.75, 3.05) is 26.7 Å². The Morgan fingerprint density at radius 2 is 1.92 bits per heavy atom. The molecular formula is C20H30N2O3. The summed E-state index contributed by atoms with van der Waals surface area (Å²) in [6.07, 6.45) is 5.15. The smallest absolute Gasteiger partial charge is 0.317 e. The molecule has 0 aromatic heterocycles. The largest absolute Gasteiger partial charge is 0.480 e. The number of aliphatic carboxylic acids is 1. The van der Waals surface area contributed by atoms with Crippen LogP contribution in [0.4, 0.5) is 0 Å². The molecule has 0 aliphatic carbocycles. The van der Waals surface area contributed by atoms with E-state index < -0.39 is 5.97 Å². The molecule has 1 aromatic carbocycles. The van der Waals surface area contributed by atoms with Crippen molar-refractivity contribution in [2.45, 2.75) is 51.5 Å². The van der Waals surface area contributed by atoms with Crippen LogP contribution in [0.15, 0.2) is 24.3 Å². The highest BCUT2D eigenvalue weighted by molar-refractivity contribution is 5.76. The number of aryl methyl sites for hydroxylation is 2. The SMILES string of the molecule is Cc1ccc(CCCC(=O)N2CCCC(N(C)CC(=O)O)CC2)cc1. The molecule has 1 aliphatic heterocycles. The molecule has 0 radical (unpaired) electrons. The molecule has 0 spiro atoms. The van der Waals surface area contributed by atoms with E-state index in [0.717, 1.165) is 45.2 Å². The summed E-state index contributed by atoms with van der Waals surface area (Å²) in [4.78, 5) is 27.2. The van der Waals surface area contributed by atoms with Gasteiger partial charge in [0.05, 0.1) is 6.54 Å². The third-order valence-corrected chi connectivity index (χ3v) is 5.04. The van der Waals surface area contributed by atoms with E-state index in [1.165, 1.54) is 11.1 Å². The number of hydrogen-bond donors (Lipinski definition) is 1. The molecule has 1 N–H and O–H groups in total. The predicted octanol–water partition coefficient (Wildman–Crippen LogP) is 2.72. The normalized spacial score (nSPS) is 18.2. The van der Waals surface area contributed by atoms with Crippen LogP contribution in [-0.4, -0.2) is 59.5 Å². The van der Waals surface area contributed by atoms with E-state index in [1.54, 1.807) is 0 Å². The number of likely N-dealkylation sites (tertiary alicyclic amines) is 1. The molecule has 1 heterocycles. The van der Waals surface area contributed by atoms with E-state index in [9.17, 15) is 9.59 Å². The van der Waals surface area contributed by atoms with Crippen LogP contribution in [-0.2, 0) is 16.0 Å². The van der Waals surface area contributed by atoms with Crippen LogP contribution in [0.5, 0.6) is 0 Å². The Kier molecular flexibility index (Phi) is 7.44. The molecule has 1 saturated heterocycles. The Balaban J connectivity index is 1.74. The summed E-state index contributed by atoms with van der Waals surface area (Å²) < 4.78 is 0. The second-order valence-electron chi connectivity index (χ2n) is 7.11. The Morgan fingerprint density at radius 3 is 2.60 bits per heavy atom. The maximum atomic E-state index is 12.5. The standard InChI is InChI=1S/C20H30N2O3/c1-16-8-10-17(11-9-16)5-3-7-19(23)22-13-4-6-18(12-14-22)21(2)15-20(24)25/h8-11,18H,3-7,12-15H2,1-2H3,(H,24,25). The molecule has 0 saturated carbocycles. The maximum absolute atomic E-state index is 12.5. The Hall–Kier alpha value is -1.88. The van der Waals surface area contributed by atoms with Crippen molar-refractivity contribution in [1.82, 2.24) is 9.80 Å². The number of benzene rings is 1. The lowest BCUT2D eigenvalue weighted by molar-refractivity contribution is -0.138. The quantitative estimate of drug-likeness (QED) is 0.825. The van der Waals surface area contributed by atoms with Crippen LogP contribution in [0.3, 0.4) is 0 Å². The zero-order valence-electron chi connectivity index (χ0n) is 15.4. The second kappa shape index (κ2) is 9.56. The predicted molar refractivity (Wildman–Crippen MR) is 98.6 cm³/mol. The van der Waals surface area contributed by atoms with Gasteiger partial charge in [-0.05, 0) is 51.6 Å². The highest BCUT2D eigenvalue weighted by Crippen LogP contribution is 2.17. The molecule has 1 aromatic rings. The van der Waals surface area contributed by atoms with E-state index in [4.69, 9.17) is 5.11 Å². The molecule has 0 bridgehead atoms. The van der Waals surface area contributed by atoms with E-state index in [0.29, 0.717) is 6.42 Å². The minimum atomic E-state index is -0.796. The first-order valence-corrected chi connectivity index (χ1v) is 9.21. The van der Waals surface area contributed by atoms with Crippen molar-refractivity contribution < 1.29 is 14.7 Å². The number of rotatable bonds is 7. The monoisotopic (exact) mass is 346 g/mol. The Bertz CT molecular complexity index is 571.